The molecule has 86 valence electrons. The van der Waals surface area contributed by atoms with Gasteiger partial charge in [0.15, 0.2) is 16.6 Å². The first kappa shape index (κ1) is 11.7. The monoisotopic (exact) mass is 319 g/mol. The summed E-state index contributed by atoms with van der Waals surface area (Å²) in [6.45, 7) is 0.732. The van der Waals surface area contributed by atoms with E-state index in [2.05, 4.69) is 25.6 Å². The molecule has 3 N–H and O–H groups in total. The van der Waals surface area contributed by atoms with Crippen LogP contribution in [0.25, 0.3) is 0 Å². The molecule has 2 heterocycles. The van der Waals surface area contributed by atoms with Crippen LogP contribution in [-0.2, 0) is 6.54 Å². The minimum Gasteiger partial charge on any atom is -0.490 e. The van der Waals surface area contributed by atoms with Gasteiger partial charge in [-0.2, -0.15) is 4.37 Å². The Morgan fingerprint density at radius 1 is 1.62 bits per heavy atom. The largest absolute Gasteiger partial charge is 0.490 e. The molecule has 0 atom stereocenters. The standard InChI is InChI=1S/C9H10BrN3OS2/c1-14-7-8(11)13-16-9(7)12-4-6-5(10)2-3-15-6/h2-3,12H,4H2,1H3,(H2,11,13). The molecule has 0 saturated heterocycles. The van der Waals surface area contributed by atoms with Crippen molar-refractivity contribution in [3.8, 4) is 5.75 Å². The van der Waals surface area contributed by atoms with Gasteiger partial charge >= 0.3 is 0 Å². The normalized spacial score (nSPS) is 10.4. The smallest absolute Gasteiger partial charge is 0.197 e. The number of ether oxygens (including phenoxy) is 1. The second-order valence-corrected chi connectivity index (χ2v) is 5.60. The van der Waals surface area contributed by atoms with Gasteiger partial charge < -0.3 is 15.8 Å². The molecular formula is C9H10BrN3OS2. The van der Waals surface area contributed by atoms with Crippen molar-refractivity contribution in [1.82, 2.24) is 4.37 Å². The van der Waals surface area contributed by atoms with Crippen molar-refractivity contribution in [3.63, 3.8) is 0 Å². The third-order valence-electron chi connectivity index (χ3n) is 1.98. The molecular weight excluding hydrogens is 310 g/mol. The van der Waals surface area contributed by atoms with E-state index in [4.69, 9.17) is 10.5 Å². The van der Waals surface area contributed by atoms with Crippen LogP contribution < -0.4 is 15.8 Å². The molecule has 0 radical (unpaired) electrons. The fourth-order valence-corrected chi connectivity index (χ4v) is 3.33. The van der Waals surface area contributed by atoms with Gasteiger partial charge in [-0.3, -0.25) is 0 Å². The van der Waals surface area contributed by atoms with Gasteiger partial charge in [-0.15, -0.1) is 11.3 Å². The minimum absolute atomic E-state index is 0.431. The molecule has 0 aromatic carbocycles. The number of nitrogens with zero attached hydrogens (tertiary/aromatic N) is 1. The molecule has 4 nitrogen and oxygen atoms in total. The van der Waals surface area contributed by atoms with Crippen LogP contribution in [0.5, 0.6) is 5.75 Å². The second kappa shape index (κ2) is 5.03. The third kappa shape index (κ3) is 2.31. The van der Waals surface area contributed by atoms with Crippen LogP contribution in [0.1, 0.15) is 4.88 Å². The van der Waals surface area contributed by atoms with Crippen LogP contribution in [0.4, 0.5) is 10.8 Å². The highest BCUT2D eigenvalue weighted by molar-refractivity contribution is 9.10. The van der Waals surface area contributed by atoms with Gasteiger partial charge in [0.25, 0.3) is 0 Å². The summed E-state index contributed by atoms with van der Waals surface area (Å²) < 4.78 is 10.3. The van der Waals surface area contributed by atoms with E-state index in [1.54, 1.807) is 18.4 Å². The first-order chi connectivity index (χ1) is 7.72. The number of methoxy groups -OCH3 is 1. The molecule has 0 saturated carbocycles. The number of nitrogens with two attached hydrogens (primary N) is 1. The Kier molecular flexibility index (Phi) is 3.67. The Morgan fingerprint density at radius 3 is 3.06 bits per heavy atom. The maximum atomic E-state index is 5.66. The molecule has 16 heavy (non-hydrogen) atoms. The van der Waals surface area contributed by atoms with Crippen LogP contribution in [0.3, 0.4) is 0 Å². The average Bonchev–Trinajstić information content (AvgIpc) is 2.82. The summed E-state index contributed by atoms with van der Waals surface area (Å²) in [6, 6.07) is 2.03. The lowest BCUT2D eigenvalue weighted by molar-refractivity contribution is 0.419. The number of halogens is 1. The number of nitrogen functional groups attached to an aromatic ring is 1. The topological polar surface area (TPSA) is 60.2 Å². The highest BCUT2D eigenvalue weighted by atomic mass is 79.9. The summed E-state index contributed by atoms with van der Waals surface area (Å²) in [5.74, 6) is 1.05. The SMILES string of the molecule is COc1c(N)nsc1NCc1sccc1Br. The summed E-state index contributed by atoms with van der Waals surface area (Å²) >= 11 is 6.48. The molecule has 0 spiro atoms. The molecule has 0 aliphatic rings. The Morgan fingerprint density at radius 2 is 2.44 bits per heavy atom. The van der Waals surface area contributed by atoms with Crippen LogP contribution in [0, 0.1) is 0 Å². The summed E-state index contributed by atoms with van der Waals surface area (Å²) in [4.78, 5) is 1.23. The second-order valence-electron chi connectivity index (χ2n) is 2.98. The number of hydrogen-bond acceptors (Lipinski definition) is 6. The van der Waals surface area contributed by atoms with E-state index < -0.39 is 0 Å². The minimum atomic E-state index is 0.431. The summed E-state index contributed by atoms with van der Waals surface area (Å²) in [5, 5.41) is 6.16. The zero-order valence-corrected chi connectivity index (χ0v) is 11.7. The van der Waals surface area contributed by atoms with Gasteiger partial charge in [-0.25, -0.2) is 0 Å². The van der Waals surface area contributed by atoms with E-state index in [-0.39, 0.29) is 0 Å². The van der Waals surface area contributed by atoms with Crippen molar-refractivity contribution in [2.75, 3.05) is 18.2 Å². The molecule has 2 aromatic heterocycles. The van der Waals surface area contributed by atoms with E-state index >= 15 is 0 Å². The van der Waals surface area contributed by atoms with Crippen molar-refractivity contribution in [3.05, 3.63) is 20.8 Å². The van der Waals surface area contributed by atoms with Gasteiger partial charge in [0, 0.05) is 9.35 Å². The predicted octanol–water partition coefficient (Wildman–Crippen LogP) is 3.17. The van der Waals surface area contributed by atoms with Crippen molar-refractivity contribution in [2.45, 2.75) is 6.54 Å². The number of aromatic nitrogens is 1. The first-order valence-corrected chi connectivity index (χ1v) is 6.92. The van der Waals surface area contributed by atoms with Crippen molar-refractivity contribution in [2.24, 2.45) is 0 Å². The zero-order chi connectivity index (χ0) is 11.5. The van der Waals surface area contributed by atoms with Gasteiger partial charge in [0.1, 0.15) is 0 Å². The summed E-state index contributed by atoms with van der Waals surface area (Å²) in [6.07, 6.45) is 0. The molecule has 0 aliphatic carbocycles. The highest BCUT2D eigenvalue weighted by Gasteiger charge is 2.12. The Labute approximate surface area is 110 Å². The fraction of sp³-hybridized carbons (Fsp3) is 0.222. The molecule has 7 heteroatoms. The number of anilines is 2. The Bertz CT molecular complexity index is 483. The van der Waals surface area contributed by atoms with Crippen LogP contribution in [0.15, 0.2) is 15.9 Å². The Balaban J connectivity index is 2.07. The molecule has 0 unspecified atom stereocenters. The Hall–Kier alpha value is -0.790. The maximum absolute atomic E-state index is 5.66. The molecule has 0 fully saturated rings. The van der Waals surface area contributed by atoms with Crippen molar-refractivity contribution < 1.29 is 4.74 Å². The molecule has 2 aromatic rings. The lowest BCUT2D eigenvalue weighted by Gasteiger charge is -2.04. The molecule has 2 rings (SSSR count). The van der Waals surface area contributed by atoms with Gasteiger partial charge in [-0.05, 0) is 38.9 Å². The van der Waals surface area contributed by atoms with E-state index in [1.807, 2.05) is 11.4 Å². The molecule has 0 aliphatic heterocycles. The summed E-state index contributed by atoms with van der Waals surface area (Å²) in [7, 11) is 1.59. The van der Waals surface area contributed by atoms with E-state index in [0.29, 0.717) is 11.6 Å². The quantitative estimate of drug-likeness (QED) is 0.908. The van der Waals surface area contributed by atoms with E-state index in [0.717, 1.165) is 16.0 Å². The fourth-order valence-electron chi connectivity index (χ4n) is 1.22. The van der Waals surface area contributed by atoms with Crippen LogP contribution in [0.2, 0.25) is 0 Å². The van der Waals surface area contributed by atoms with Gasteiger partial charge in [0.05, 0.1) is 13.7 Å². The van der Waals surface area contributed by atoms with Crippen LogP contribution >= 0.6 is 38.8 Å². The maximum Gasteiger partial charge on any atom is 0.197 e. The first-order valence-electron chi connectivity index (χ1n) is 4.47. The number of thiophene rings is 1. The van der Waals surface area contributed by atoms with E-state index in [9.17, 15) is 0 Å². The lowest BCUT2D eigenvalue weighted by Crippen LogP contribution is -1.98. The average molecular weight is 320 g/mol. The van der Waals surface area contributed by atoms with Gasteiger partial charge in [0.2, 0.25) is 0 Å². The predicted molar refractivity (Wildman–Crippen MR) is 72.4 cm³/mol. The van der Waals surface area contributed by atoms with Crippen LogP contribution in [-0.4, -0.2) is 11.5 Å². The highest BCUT2D eigenvalue weighted by Crippen LogP contribution is 2.35. The van der Waals surface area contributed by atoms with Crippen molar-refractivity contribution in [1.29, 1.82) is 0 Å². The zero-order valence-electron chi connectivity index (χ0n) is 8.49. The number of rotatable bonds is 4. The number of hydrogen-bond donors (Lipinski definition) is 2. The third-order valence-corrected chi connectivity index (χ3v) is 4.71. The van der Waals surface area contributed by atoms with Gasteiger partial charge in [-0.1, -0.05) is 0 Å². The molecule has 0 amide bonds. The summed E-state index contributed by atoms with van der Waals surface area (Å²) in [5.41, 5.74) is 5.66. The molecule has 0 bridgehead atoms. The number of nitrogens with one attached hydrogen (secondary N) is 1. The van der Waals surface area contributed by atoms with Crippen molar-refractivity contribution >= 4 is 49.6 Å². The van der Waals surface area contributed by atoms with E-state index in [1.165, 1.54) is 16.4 Å². The lowest BCUT2D eigenvalue weighted by atomic mass is 10.4.